The molecule has 3 heterocycles. The third-order valence-corrected chi connectivity index (χ3v) is 8.56. The summed E-state index contributed by atoms with van der Waals surface area (Å²) in [7, 11) is 5.04. The Morgan fingerprint density at radius 3 is 1.74 bits per heavy atom. The number of carbonyl (C=O) groups is 4. The lowest BCUT2D eigenvalue weighted by molar-refractivity contribution is -0.139. The number of hydrogen-bond donors (Lipinski definition) is 0. The fourth-order valence-electron chi connectivity index (χ4n) is 5.87. The quantitative estimate of drug-likeness (QED) is 0.322. The minimum atomic E-state index is -0.741. The Balaban J connectivity index is 2.14. The van der Waals surface area contributed by atoms with Gasteiger partial charge in [-0.1, -0.05) is 30.4 Å². The predicted molar refractivity (Wildman–Crippen MR) is 162 cm³/mol. The van der Waals surface area contributed by atoms with Gasteiger partial charge < -0.3 is 28.7 Å². The molecular formula is C32H38N2O8S. The maximum Gasteiger partial charge on any atom is 0.340 e. The summed E-state index contributed by atoms with van der Waals surface area (Å²) in [5.41, 5.74) is 2.17. The van der Waals surface area contributed by atoms with Gasteiger partial charge in [0.25, 0.3) is 0 Å². The number of hydrogen-bond acceptors (Lipinski definition) is 11. The third-order valence-electron chi connectivity index (χ3n) is 7.82. The first kappa shape index (κ1) is 31.9. The monoisotopic (exact) mass is 610 g/mol. The van der Waals surface area contributed by atoms with E-state index in [2.05, 4.69) is 9.80 Å². The molecule has 2 fully saturated rings. The van der Waals surface area contributed by atoms with Crippen LogP contribution in [0, 0.1) is 5.92 Å². The molecule has 0 N–H and O–H groups in total. The Bertz CT molecular complexity index is 1350. The summed E-state index contributed by atoms with van der Waals surface area (Å²) in [4.78, 5) is 58.0. The van der Waals surface area contributed by atoms with Crippen molar-refractivity contribution in [2.75, 3.05) is 54.6 Å². The Kier molecular flexibility index (Phi) is 11.1. The molecule has 0 aromatic heterocycles. The molecule has 0 aromatic rings. The van der Waals surface area contributed by atoms with Crippen LogP contribution in [0.4, 0.5) is 0 Å². The van der Waals surface area contributed by atoms with Gasteiger partial charge in [-0.15, -0.1) is 11.8 Å². The lowest BCUT2D eigenvalue weighted by atomic mass is 9.85. The number of carbonyl (C=O) groups excluding carboxylic acids is 4. The van der Waals surface area contributed by atoms with E-state index in [0.717, 1.165) is 43.0 Å². The van der Waals surface area contributed by atoms with Crippen molar-refractivity contribution in [3.05, 3.63) is 80.5 Å². The Hall–Kier alpha value is -3.99. The van der Waals surface area contributed by atoms with Gasteiger partial charge in [0.05, 0.1) is 56.4 Å². The fourth-order valence-corrected chi connectivity index (χ4v) is 6.64. The van der Waals surface area contributed by atoms with Crippen molar-refractivity contribution in [1.82, 2.24) is 9.80 Å². The van der Waals surface area contributed by atoms with Crippen LogP contribution in [-0.4, -0.2) is 88.3 Å². The molecule has 0 aromatic carbocycles. The summed E-state index contributed by atoms with van der Waals surface area (Å²) in [5, 5.41) is 2.90. The SMILES string of the molecule is COC(=O)C1=C/S/C=C(C(=O)OC)/C(C(=O)OC)=C(/N2CCCC2)C2\C=C/C=C\C=C(C2)\C(N2CCCC2)=C/1C(=O)OC. The maximum atomic E-state index is 13.6. The van der Waals surface area contributed by atoms with Crippen LogP contribution in [-0.2, 0) is 38.1 Å². The molecule has 0 amide bonds. The first-order valence-electron chi connectivity index (χ1n) is 14.3. The van der Waals surface area contributed by atoms with Gasteiger partial charge in [-0.25, -0.2) is 19.2 Å². The zero-order chi connectivity index (χ0) is 30.9. The second-order valence-corrected chi connectivity index (χ2v) is 11.1. The molecule has 43 heavy (non-hydrogen) atoms. The van der Waals surface area contributed by atoms with Crippen molar-refractivity contribution in [3.63, 3.8) is 0 Å². The van der Waals surface area contributed by atoms with Crippen LogP contribution in [0.2, 0.25) is 0 Å². The number of esters is 4. The number of likely N-dealkylation sites (tertiary alicyclic amines) is 2. The topological polar surface area (TPSA) is 112 Å². The van der Waals surface area contributed by atoms with Crippen molar-refractivity contribution in [3.8, 4) is 0 Å². The number of methoxy groups -OCH3 is 4. The van der Waals surface area contributed by atoms with Gasteiger partial charge >= 0.3 is 23.9 Å². The molecule has 0 saturated carbocycles. The van der Waals surface area contributed by atoms with Crippen molar-refractivity contribution in [2.24, 2.45) is 5.92 Å². The van der Waals surface area contributed by atoms with Crippen LogP contribution in [0.15, 0.2) is 80.5 Å². The van der Waals surface area contributed by atoms with E-state index in [1.54, 1.807) is 0 Å². The summed E-state index contributed by atoms with van der Waals surface area (Å²) in [6.07, 6.45) is 13.7. The Morgan fingerprint density at radius 1 is 0.674 bits per heavy atom. The van der Waals surface area contributed by atoms with Crippen molar-refractivity contribution in [1.29, 1.82) is 0 Å². The van der Waals surface area contributed by atoms with E-state index in [1.165, 1.54) is 39.3 Å². The molecule has 3 aliphatic heterocycles. The molecule has 0 radical (unpaired) electrons. The third kappa shape index (κ3) is 6.98. The standard InChI is InChI=1S/C32H38N2O8S/c1-39-29(35)23-19-43-20-24(30(36)40-2)26(32(38)42-4)28(34-16-10-11-17-34)22-13-7-5-6-12-21(18-22)27(25(23)31(37)41-3)33-14-8-9-15-33/h5-7,12-13,19-21H,8-11,14-18H2,1-4H3/b7-5-,12-6-,22-13+,23-19-,24-20-,27-25-,28-26-. The average molecular weight is 611 g/mol. The number of thioether (sulfide) groups is 1. The molecule has 4 aliphatic rings. The molecular weight excluding hydrogens is 572 g/mol. The van der Waals surface area contributed by atoms with E-state index < -0.39 is 29.8 Å². The van der Waals surface area contributed by atoms with Crippen LogP contribution >= 0.6 is 11.8 Å². The lowest BCUT2D eigenvalue weighted by Gasteiger charge is -2.33. The van der Waals surface area contributed by atoms with Crippen molar-refractivity contribution >= 4 is 35.6 Å². The molecule has 4 rings (SSSR count). The summed E-state index contributed by atoms with van der Waals surface area (Å²) in [6, 6.07) is 0. The van der Waals surface area contributed by atoms with Gasteiger partial charge in [0, 0.05) is 37.8 Å². The van der Waals surface area contributed by atoms with Crippen LogP contribution < -0.4 is 0 Å². The van der Waals surface area contributed by atoms with Gasteiger partial charge in [0.1, 0.15) is 0 Å². The van der Waals surface area contributed by atoms with Crippen LogP contribution in [0.1, 0.15) is 32.1 Å². The predicted octanol–water partition coefficient (Wildman–Crippen LogP) is 3.95. The van der Waals surface area contributed by atoms with Crippen LogP contribution in [0.25, 0.3) is 0 Å². The second kappa shape index (κ2) is 15.0. The van der Waals surface area contributed by atoms with E-state index in [4.69, 9.17) is 18.9 Å². The van der Waals surface area contributed by atoms with E-state index in [1.807, 2.05) is 30.4 Å². The Labute approximate surface area is 256 Å². The number of allylic oxidation sites excluding steroid dienone is 6. The van der Waals surface area contributed by atoms with E-state index in [9.17, 15) is 19.2 Å². The van der Waals surface area contributed by atoms with Gasteiger partial charge in [-0.2, -0.15) is 0 Å². The van der Waals surface area contributed by atoms with E-state index in [0.29, 0.717) is 44.0 Å². The molecule has 1 aliphatic carbocycles. The van der Waals surface area contributed by atoms with Crippen molar-refractivity contribution in [2.45, 2.75) is 32.1 Å². The van der Waals surface area contributed by atoms with Gasteiger partial charge in [0.15, 0.2) is 0 Å². The molecule has 230 valence electrons. The molecule has 0 spiro atoms. The summed E-state index contributed by atoms with van der Waals surface area (Å²) < 4.78 is 20.8. The highest BCUT2D eigenvalue weighted by molar-refractivity contribution is 8.05. The average Bonchev–Trinajstić information content (AvgIpc) is 3.74. The molecule has 2 bridgehead atoms. The number of fused-ring (bicyclic) bond motifs is 2. The first-order valence-corrected chi connectivity index (χ1v) is 15.2. The highest BCUT2D eigenvalue weighted by Crippen LogP contribution is 2.40. The number of ether oxygens (including phenoxy) is 4. The summed E-state index contributed by atoms with van der Waals surface area (Å²) >= 11 is 0.963. The molecule has 2 saturated heterocycles. The smallest absolute Gasteiger partial charge is 0.340 e. The number of nitrogens with zero attached hydrogens (tertiary/aromatic N) is 2. The molecule has 1 unspecified atom stereocenters. The Morgan fingerprint density at radius 2 is 1.19 bits per heavy atom. The largest absolute Gasteiger partial charge is 0.465 e. The normalized spacial score (nSPS) is 29.6. The van der Waals surface area contributed by atoms with Crippen molar-refractivity contribution < 1.29 is 38.1 Å². The molecule has 11 heteroatoms. The summed E-state index contributed by atoms with van der Waals surface area (Å²) in [6.45, 7) is 2.78. The van der Waals surface area contributed by atoms with E-state index in [-0.39, 0.29) is 22.3 Å². The highest BCUT2D eigenvalue weighted by Gasteiger charge is 2.37. The minimum absolute atomic E-state index is 0.0119. The summed E-state index contributed by atoms with van der Waals surface area (Å²) in [5.74, 6) is -3.23. The second-order valence-electron chi connectivity index (χ2n) is 10.3. The minimum Gasteiger partial charge on any atom is -0.465 e. The van der Waals surface area contributed by atoms with Gasteiger partial charge in [-0.3, -0.25) is 0 Å². The van der Waals surface area contributed by atoms with Crippen LogP contribution in [0.3, 0.4) is 0 Å². The highest BCUT2D eigenvalue weighted by atomic mass is 32.2. The zero-order valence-electron chi connectivity index (χ0n) is 25.1. The fraction of sp³-hybridized carbons (Fsp3) is 0.438. The zero-order valence-corrected chi connectivity index (χ0v) is 25.9. The first-order chi connectivity index (χ1) is 20.9. The van der Waals surface area contributed by atoms with E-state index >= 15 is 0 Å². The van der Waals surface area contributed by atoms with Gasteiger partial charge in [0.2, 0.25) is 0 Å². The lowest BCUT2D eigenvalue weighted by Crippen LogP contribution is -2.32. The maximum absolute atomic E-state index is 13.6. The van der Waals surface area contributed by atoms with Gasteiger partial charge in [-0.05, 0) is 48.5 Å². The van der Waals surface area contributed by atoms with Crippen LogP contribution in [0.5, 0.6) is 0 Å². The number of rotatable bonds is 6. The molecule has 10 nitrogen and oxygen atoms in total. The molecule has 1 atom stereocenters.